The normalized spacial score (nSPS) is 20.1. The van der Waals surface area contributed by atoms with Crippen LogP contribution in [0.5, 0.6) is 5.75 Å². The van der Waals surface area contributed by atoms with Gasteiger partial charge < -0.3 is 14.5 Å². The highest BCUT2D eigenvalue weighted by Crippen LogP contribution is 2.28. The van der Waals surface area contributed by atoms with Gasteiger partial charge >= 0.3 is 0 Å². The molecule has 1 saturated heterocycles. The van der Waals surface area contributed by atoms with Crippen LogP contribution < -0.4 is 4.74 Å². The van der Waals surface area contributed by atoms with Crippen molar-refractivity contribution in [2.75, 3.05) is 32.8 Å². The van der Waals surface area contributed by atoms with Crippen molar-refractivity contribution in [1.29, 1.82) is 0 Å². The zero-order chi connectivity index (χ0) is 23.7. The van der Waals surface area contributed by atoms with Gasteiger partial charge in [-0.05, 0) is 34.2 Å². The summed E-state index contributed by atoms with van der Waals surface area (Å²) in [7, 11) is 0. The summed E-state index contributed by atoms with van der Waals surface area (Å²) < 4.78 is 5.62. The molecular weight excluding hydrogens is 426 g/mol. The first-order valence-corrected chi connectivity index (χ1v) is 12.6. The lowest BCUT2D eigenvalue weighted by Crippen LogP contribution is -2.57. The number of nitrogens with zero attached hydrogens (tertiary/aromatic N) is 3. The lowest BCUT2D eigenvalue weighted by Gasteiger charge is -2.41. The molecule has 0 radical (unpaired) electrons. The number of carbonyl (C=O) groups excluding carboxylic acids is 2. The Morgan fingerprint density at radius 2 is 1.76 bits per heavy atom. The van der Waals surface area contributed by atoms with Gasteiger partial charge in [0.05, 0.1) is 6.61 Å². The van der Waals surface area contributed by atoms with E-state index in [9.17, 15) is 9.59 Å². The van der Waals surface area contributed by atoms with E-state index in [0.29, 0.717) is 32.5 Å². The second-order valence-corrected chi connectivity index (χ2v) is 10.3. The Morgan fingerprint density at radius 3 is 2.53 bits per heavy atom. The minimum Gasteiger partial charge on any atom is -0.493 e. The highest BCUT2D eigenvalue weighted by Gasteiger charge is 2.37. The molecule has 2 aromatic carbocycles. The van der Waals surface area contributed by atoms with E-state index >= 15 is 0 Å². The molecule has 2 amide bonds. The van der Waals surface area contributed by atoms with E-state index in [0.717, 1.165) is 44.0 Å². The van der Waals surface area contributed by atoms with Crippen LogP contribution in [0.1, 0.15) is 42.5 Å². The van der Waals surface area contributed by atoms with Gasteiger partial charge in [0.25, 0.3) is 0 Å². The van der Waals surface area contributed by atoms with E-state index in [4.69, 9.17) is 4.74 Å². The van der Waals surface area contributed by atoms with Crippen LogP contribution in [0.3, 0.4) is 0 Å². The molecule has 2 aromatic rings. The molecule has 0 spiro atoms. The number of benzene rings is 2. The fourth-order valence-corrected chi connectivity index (χ4v) is 5.41. The molecule has 3 aliphatic rings. The maximum Gasteiger partial charge on any atom is 0.245 e. The number of carbonyl (C=O) groups is 2. The van der Waals surface area contributed by atoms with Crippen LogP contribution in [0, 0.1) is 5.92 Å². The monoisotopic (exact) mass is 461 g/mol. The van der Waals surface area contributed by atoms with E-state index in [2.05, 4.69) is 49.1 Å². The van der Waals surface area contributed by atoms with E-state index in [1.807, 2.05) is 21.9 Å². The van der Waals surface area contributed by atoms with Gasteiger partial charge in [-0.3, -0.25) is 14.5 Å². The zero-order valence-electron chi connectivity index (χ0n) is 20.3. The van der Waals surface area contributed by atoms with Crippen LogP contribution in [-0.4, -0.2) is 65.3 Å². The van der Waals surface area contributed by atoms with Gasteiger partial charge in [0.1, 0.15) is 11.8 Å². The highest BCUT2D eigenvalue weighted by atomic mass is 16.5. The highest BCUT2D eigenvalue weighted by molar-refractivity contribution is 5.88. The zero-order valence-corrected chi connectivity index (χ0v) is 20.3. The van der Waals surface area contributed by atoms with Crippen molar-refractivity contribution in [2.45, 2.75) is 52.2 Å². The Hall–Kier alpha value is -2.86. The van der Waals surface area contributed by atoms with Crippen molar-refractivity contribution in [3.05, 3.63) is 64.7 Å². The number of fused-ring (bicyclic) bond motifs is 2. The number of ether oxygens (including phenoxy) is 1. The number of hydrogen-bond acceptors (Lipinski definition) is 4. The van der Waals surface area contributed by atoms with Gasteiger partial charge in [-0.25, -0.2) is 0 Å². The van der Waals surface area contributed by atoms with Crippen molar-refractivity contribution in [3.63, 3.8) is 0 Å². The average molecular weight is 462 g/mol. The largest absolute Gasteiger partial charge is 0.493 e. The molecule has 3 heterocycles. The quantitative estimate of drug-likeness (QED) is 0.686. The van der Waals surface area contributed by atoms with Crippen LogP contribution in [0.15, 0.2) is 42.5 Å². The fourth-order valence-electron chi connectivity index (χ4n) is 5.41. The number of piperazine rings is 1. The predicted octanol–water partition coefficient (Wildman–Crippen LogP) is 3.27. The molecule has 0 N–H and O–H groups in total. The Bertz CT molecular complexity index is 1060. The number of rotatable bonds is 5. The van der Waals surface area contributed by atoms with Gasteiger partial charge in [-0.1, -0.05) is 50.2 Å². The van der Waals surface area contributed by atoms with Gasteiger partial charge in [0.15, 0.2) is 0 Å². The summed E-state index contributed by atoms with van der Waals surface area (Å²) in [6.07, 6.45) is 2.07. The lowest BCUT2D eigenvalue weighted by atomic mass is 9.92. The summed E-state index contributed by atoms with van der Waals surface area (Å²) in [5.41, 5.74) is 4.95. The molecule has 1 unspecified atom stereocenters. The van der Waals surface area contributed by atoms with Gasteiger partial charge in [0.2, 0.25) is 11.8 Å². The Morgan fingerprint density at radius 1 is 1.00 bits per heavy atom. The molecule has 0 bridgehead atoms. The minimum atomic E-state index is -0.399. The molecule has 1 fully saturated rings. The van der Waals surface area contributed by atoms with Crippen molar-refractivity contribution in [1.82, 2.24) is 14.7 Å². The van der Waals surface area contributed by atoms with Crippen LogP contribution in [-0.2, 0) is 35.5 Å². The average Bonchev–Trinajstić information content (AvgIpc) is 3.31. The molecule has 6 heteroatoms. The Kier molecular flexibility index (Phi) is 6.59. The predicted molar refractivity (Wildman–Crippen MR) is 131 cm³/mol. The summed E-state index contributed by atoms with van der Waals surface area (Å²) in [6, 6.07) is 14.3. The summed E-state index contributed by atoms with van der Waals surface area (Å²) in [5, 5.41) is 0. The van der Waals surface area contributed by atoms with E-state index in [1.54, 1.807) is 0 Å². The van der Waals surface area contributed by atoms with Crippen LogP contribution in [0.4, 0.5) is 0 Å². The third-order valence-corrected chi connectivity index (χ3v) is 7.28. The molecule has 0 aliphatic carbocycles. The molecule has 1 atom stereocenters. The Balaban J connectivity index is 1.23. The minimum absolute atomic E-state index is 0.0853. The molecule has 0 saturated carbocycles. The molecule has 6 nitrogen and oxygen atoms in total. The topological polar surface area (TPSA) is 53.1 Å². The van der Waals surface area contributed by atoms with Gasteiger partial charge in [0, 0.05) is 58.5 Å². The van der Waals surface area contributed by atoms with Crippen molar-refractivity contribution in [3.8, 4) is 5.75 Å². The van der Waals surface area contributed by atoms with Gasteiger partial charge in [-0.2, -0.15) is 0 Å². The van der Waals surface area contributed by atoms with Crippen LogP contribution in [0.2, 0.25) is 0 Å². The summed E-state index contributed by atoms with van der Waals surface area (Å²) in [4.78, 5) is 33.0. The van der Waals surface area contributed by atoms with Crippen molar-refractivity contribution in [2.24, 2.45) is 5.92 Å². The van der Waals surface area contributed by atoms with Crippen LogP contribution in [0.25, 0.3) is 0 Å². The molecule has 34 heavy (non-hydrogen) atoms. The molecule has 180 valence electrons. The van der Waals surface area contributed by atoms with Crippen molar-refractivity contribution < 1.29 is 14.3 Å². The van der Waals surface area contributed by atoms with E-state index < -0.39 is 6.04 Å². The smallest absolute Gasteiger partial charge is 0.245 e. The standard InChI is InChI=1S/C28H35N3O3/c1-20(2)15-27(32)31-19-24-6-4-3-5-22(24)17-25(31)28(33)30-12-10-29(11-13-30)18-21-7-8-26-23(16-21)9-14-34-26/h3-8,16,20,25H,9-15,17-19H2,1-2H3. The number of hydrogen-bond donors (Lipinski definition) is 0. The maximum atomic E-state index is 13.7. The van der Waals surface area contributed by atoms with E-state index in [-0.39, 0.29) is 17.7 Å². The van der Waals surface area contributed by atoms with E-state index in [1.165, 1.54) is 16.7 Å². The fraction of sp³-hybridized carbons (Fsp3) is 0.500. The second-order valence-electron chi connectivity index (χ2n) is 10.3. The lowest BCUT2D eigenvalue weighted by molar-refractivity contribution is -0.148. The molecule has 5 rings (SSSR count). The summed E-state index contributed by atoms with van der Waals surface area (Å²) in [6.45, 7) is 9.42. The Labute approximate surface area is 202 Å². The van der Waals surface area contributed by atoms with Crippen LogP contribution >= 0.6 is 0 Å². The third-order valence-electron chi connectivity index (χ3n) is 7.28. The third kappa shape index (κ3) is 4.83. The van der Waals surface area contributed by atoms with Crippen molar-refractivity contribution >= 4 is 11.8 Å². The maximum absolute atomic E-state index is 13.7. The first-order valence-electron chi connectivity index (χ1n) is 12.6. The molecular formula is C28H35N3O3. The summed E-state index contributed by atoms with van der Waals surface area (Å²) >= 11 is 0. The SMILES string of the molecule is CC(C)CC(=O)N1Cc2ccccc2CC1C(=O)N1CCN(Cc2ccc3c(c2)CCO3)CC1. The first-order chi connectivity index (χ1) is 16.5. The number of amides is 2. The summed E-state index contributed by atoms with van der Waals surface area (Å²) in [5.74, 6) is 1.47. The first kappa shape index (κ1) is 22.9. The second kappa shape index (κ2) is 9.79. The molecule has 3 aliphatic heterocycles. The molecule has 0 aromatic heterocycles. The van der Waals surface area contributed by atoms with Gasteiger partial charge in [-0.15, -0.1) is 0 Å².